The first-order chi connectivity index (χ1) is 15.4. The van der Waals surface area contributed by atoms with E-state index >= 15 is 0 Å². The number of pyridine rings is 1. The van der Waals surface area contributed by atoms with Crippen molar-refractivity contribution >= 4 is 11.6 Å². The molecule has 0 bridgehead atoms. The number of aryl methyl sites for hydroxylation is 2. The van der Waals surface area contributed by atoms with Crippen LogP contribution < -0.4 is 10.1 Å². The van der Waals surface area contributed by atoms with Crippen molar-refractivity contribution in [3.8, 4) is 5.75 Å². The van der Waals surface area contributed by atoms with Gasteiger partial charge in [-0.15, -0.1) is 10.2 Å². The Bertz CT molecular complexity index is 1090. The highest BCUT2D eigenvalue weighted by Gasteiger charge is 2.35. The van der Waals surface area contributed by atoms with Gasteiger partial charge in [-0.25, -0.2) is 4.98 Å². The molecule has 3 heterocycles. The van der Waals surface area contributed by atoms with Gasteiger partial charge in [-0.3, -0.25) is 9.20 Å². The average Bonchev–Trinajstić information content (AvgIpc) is 3.42. The Morgan fingerprint density at radius 1 is 1.34 bits per heavy atom. The molecular weight excluding hydrogens is 410 g/mol. The van der Waals surface area contributed by atoms with Crippen LogP contribution in [0.5, 0.6) is 5.75 Å². The standard InChI is InChI=1S/C23H31N5O4/c1-4-18-26-27-22(32-18)23(3,14-29)25-21(30)19-15(2)24-20-17(11-8-12-28(19)20)31-13-16-9-6-5-7-10-16/h8,11-12,16,29H,4-7,9-10,13-14H2,1-3H3,(H,25,30). The van der Waals surface area contributed by atoms with Gasteiger partial charge in [-0.05, 0) is 44.7 Å². The summed E-state index contributed by atoms with van der Waals surface area (Å²) in [7, 11) is 0. The Morgan fingerprint density at radius 3 is 2.81 bits per heavy atom. The number of hydrogen-bond donors (Lipinski definition) is 2. The molecule has 1 unspecified atom stereocenters. The van der Waals surface area contributed by atoms with E-state index in [9.17, 15) is 9.90 Å². The Kier molecular flexibility index (Phi) is 6.45. The topological polar surface area (TPSA) is 115 Å². The van der Waals surface area contributed by atoms with Gasteiger partial charge in [0.15, 0.2) is 11.4 Å². The molecule has 1 saturated carbocycles. The first kappa shape index (κ1) is 22.3. The zero-order valence-corrected chi connectivity index (χ0v) is 18.9. The van der Waals surface area contributed by atoms with E-state index < -0.39 is 18.1 Å². The second-order valence-corrected chi connectivity index (χ2v) is 8.73. The van der Waals surface area contributed by atoms with E-state index in [0.717, 1.165) is 0 Å². The van der Waals surface area contributed by atoms with Crippen molar-refractivity contribution in [3.63, 3.8) is 0 Å². The lowest BCUT2D eigenvalue weighted by Crippen LogP contribution is -2.47. The summed E-state index contributed by atoms with van der Waals surface area (Å²) in [5.41, 5.74) is 0.320. The van der Waals surface area contributed by atoms with Crippen LogP contribution in [0.3, 0.4) is 0 Å². The molecule has 0 aromatic carbocycles. The van der Waals surface area contributed by atoms with E-state index in [0.29, 0.717) is 47.6 Å². The van der Waals surface area contributed by atoms with Gasteiger partial charge in [0.2, 0.25) is 11.8 Å². The van der Waals surface area contributed by atoms with Crippen molar-refractivity contribution in [2.24, 2.45) is 5.92 Å². The quantitative estimate of drug-likeness (QED) is 0.552. The van der Waals surface area contributed by atoms with Crippen molar-refractivity contribution in [1.82, 2.24) is 24.9 Å². The summed E-state index contributed by atoms with van der Waals surface area (Å²) in [6, 6.07) is 3.73. The van der Waals surface area contributed by atoms with Crippen LogP contribution in [0.15, 0.2) is 22.7 Å². The van der Waals surface area contributed by atoms with Gasteiger partial charge in [0.1, 0.15) is 11.2 Å². The minimum atomic E-state index is -1.22. The molecule has 172 valence electrons. The highest BCUT2D eigenvalue weighted by Crippen LogP contribution is 2.27. The predicted octanol–water partition coefficient (Wildman–Crippen LogP) is 3.18. The zero-order valence-electron chi connectivity index (χ0n) is 18.9. The number of hydrogen-bond acceptors (Lipinski definition) is 7. The number of aliphatic hydroxyl groups is 1. The van der Waals surface area contributed by atoms with Crippen LogP contribution in [0.4, 0.5) is 0 Å². The van der Waals surface area contributed by atoms with Gasteiger partial charge in [0.05, 0.1) is 18.9 Å². The molecule has 0 aliphatic heterocycles. The molecule has 1 aliphatic rings. The van der Waals surface area contributed by atoms with Crippen LogP contribution in [-0.2, 0) is 12.0 Å². The molecule has 4 rings (SSSR count). The lowest BCUT2D eigenvalue weighted by molar-refractivity contribution is 0.0803. The third kappa shape index (κ3) is 4.34. The van der Waals surface area contributed by atoms with Gasteiger partial charge in [-0.2, -0.15) is 0 Å². The largest absolute Gasteiger partial charge is 0.489 e. The maximum atomic E-state index is 13.3. The fourth-order valence-corrected chi connectivity index (χ4v) is 4.19. The van der Waals surface area contributed by atoms with E-state index in [1.54, 1.807) is 24.4 Å². The van der Waals surface area contributed by atoms with Crippen LogP contribution in [0, 0.1) is 12.8 Å². The molecular formula is C23H31N5O4. The molecule has 3 aromatic rings. The SMILES string of the molecule is CCc1nnc(C(C)(CO)NC(=O)c2c(C)nc3c(OCC4CCCCC4)cccn23)o1. The highest BCUT2D eigenvalue weighted by molar-refractivity contribution is 5.95. The molecule has 1 fully saturated rings. The summed E-state index contributed by atoms with van der Waals surface area (Å²) in [4.78, 5) is 17.9. The smallest absolute Gasteiger partial charge is 0.271 e. The number of nitrogens with zero attached hydrogens (tertiary/aromatic N) is 4. The van der Waals surface area contributed by atoms with Gasteiger partial charge < -0.3 is 19.6 Å². The zero-order chi connectivity index (χ0) is 22.7. The third-order valence-corrected chi connectivity index (χ3v) is 6.15. The number of imidazole rings is 1. The Hall–Kier alpha value is -2.94. The lowest BCUT2D eigenvalue weighted by Gasteiger charge is -2.24. The Morgan fingerprint density at radius 2 is 2.12 bits per heavy atom. The predicted molar refractivity (Wildman–Crippen MR) is 118 cm³/mol. The number of fused-ring (bicyclic) bond motifs is 1. The number of ether oxygens (including phenoxy) is 1. The van der Waals surface area contributed by atoms with E-state index in [-0.39, 0.29) is 5.89 Å². The Balaban J connectivity index is 1.58. The van der Waals surface area contributed by atoms with E-state index in [1.165, 1.54) is 32.1 Å². The van der Waals surface area contributed by atoms with Gasteiger partial charge in [0, 0.05) is 12.6 Å². The maximum absolute atomic E-state index is 13.3. The first-order valence-corrected chi connectivity index (χ1v) is 11.3. The summed E-state index contributed by atoms with van der Waals surface area (Å²) in [6.45, 7) is 5.59. The molecule has 3 aromatic heterocycles. The first-order valence-electron chi connectivity index (χ1n) is 11.3. The van der Waals surface area contributed by atoms with Crippen molar-refractivity contribution in [3.05, 3.63) is 41.5 Å². The normalized spacial score (nSPS) is 16.8. The molecule has 1 amide bonds. The Labute approximate surface area is 187 Å². The van der Waals surface area contributed by atoms with Crippen molar-refractivity contribution in [2.75, 3.05) is 13.2 Å². The molecule has 0 radical (unpaired) electrons. The minimum Gasteiger partial charge on any atom is -0.489 e. The number of amides is 1. The monoisotopic (exact) mass is 441 g/mol. The van der Waals surface area contributed by atoms with Crippen molar-refractivity contribution < 1.29 is 19.1 Å². The maximum Gasteiger partial charge on any atom is 0.271 e. The molecule has 2 N–H and O–H groups in total. The number of aromatic nitrogens is 4. The molecule has 0 saturated heterocycles. The number of carbonyl (C=O) groups excluding carboxylic acids is 1. The minimum absolute atomic E-state index is 0.160. The van der Waals surface area contributed by atoms with Crippen molar-refractivity contribution in [2.45, 2.75) is 64.8 Å². The molecule has 0 spiro atoms. The van der Waals surface area contributed by atoms with E-state index in [1.807, 2.05) is 19.1 Å². The fraction of sp³-hybridized carbons (Fsp3) is 0.565. The summed E-state index contributed by atoms with van der Waals surface area (Å²) in [5, 5.41) is 20.8. The summed E-state index contributed by atoms with van der Waals surface area (Å²) in [5.74, 6) is 1.44. The number of nitrogens with one attached hydrogen (secondary N) is 1. The summed E-state index contributed by atoms with van der Waals surface area (Å²) >= 11 is 0. The highest BCUT2D eigenvalue weighted by atomic mass is 16.5. The fourth-order valence-electron chi connectivity index (χ4n) is 4.19. The van der Waals surface area contributed by atoms with Gasteiger partial charge in [0.25, 0.3) is 5.91 Å². The summed E-state index contributed by atoms with van der Waals surface area (Å²) < 4.78 is 13.4. The molecule has 9 heteroatoms. The number of rotatable bonds is 8. The lowest BCUT2D eigenvalue weighted by atomic mass is 9.90. The van der Waals surface area contributed by atoms with Crippen LogP contribution in [0.1, 0.15) is 73.9 Å². The van der Waals surface area contributed by atoms with E-state index in [4.69, 9.17) is 9.15 Å². The second kappa shape index (κ2) is 9.28. The molecule has 32 heavy (non-hydrogen) atoms. The molecule has 1 aliphatic carbocycles. The molecule has 9 nitrogen and oxygen atoms in total. The van der Waals surface area contributed by atoms with Crippen LogP contribution >= 0.6 is 0 Å². The van der Waals surface area contributed by atoms with Crippen LogP contribution in [0.25, 0.3) is 5.65 Å². The van der Waals surface area contributed by atoms with Crippen LogP contribution in [0.2, 0.25) is 0 Å². The summed E-state index contributed by atoms with van der Waals surface area (Å²) in [6.07, 6.45) is 8.57. The van der Waals surface area contributed by atoms with Crippen LogP contribution in [-0.4, -0.2) is 43.8 Å². The second-order valence-electron chi connectivity index (χ2n) is 8.73. The van der Waals surface area contributed by atoms with E-state index in [2.05, 4.69) is 20.5 Å². The number of carbonyl (C=O) groups is 1. The third-order valence-electron chi connectivity index (χ3n) is 6.15. The van der Waals surface area contributed by atoms with Crippen molar-refractivity contribution in [1.29, 1.82) is 0 Å². The number of aliphatic hydroxyl groups excluding tert-OH is 1. The molecule has 1 atom stereocenters. The van der Waals surface area contributed by atoms with Gasteiger partial charge in [-0.1, -0.05) is 26.2 Å². The average molecular weight is 442 g/mol. The van der Waals surface area contributed by atoms with Gasteiger partial charge >= 0.3 is 0 Å².